The van der Waals surface area contributed by atoms with Crippen molar-refractivity contribution < 1.29 is 14.3 Å². The zero-order valence-electron chi connectivity index (χ0n) is 17.2. The number of esters is 1. The number of nitrogens with zero attached hydrogens (tertiary/aromatic N) is 3. The summed E-state index contributed by atoms with van der Waals surface area (Å²) in [5.74, 6) is -0.535. The van der Waals surface area contributed by atoms with Gasteiger partial charge >= 0.3 is 5.97 Å². The first-order valence-corrected chi connectivity index (χ1v) is 11.6. The summed E-state index contributed by atoms with van der Waals surface area (Å²) in [6, 6.07) is 17.0. The lowest BCUT2D eigenvalue weighted by Crippen LogP contribution is -2.49. The molecule has 2 aromatic rings. The Morgan fingerprint density at radius 2 is 1.74 bits per heavy atom. The van der Waals surface area contributed by atoms with Crippen molar-refractivity contribution in [3.05, 3.63) is 70.2 Å². The van der Waals surface area contributed by atoms with Crippen molar-refractivity contribution in [2.75, 3.05) is 16.5 Å². The number of hydrogen-bond donors (Lipinski definition) is 0. The average molecular weight is 474 g/mol. The van der Waals surface area contributed by atoms with Crippen LogP contribution in [-0.4, -0.2) is 27.7 Å². The molecule has 0 saturated heterocycles. The van der Waals surface area contributed by atoms with E-state index in [0.29, 0.717) is 9.93 Å². The first kappa shape index (κ1) is 21.8. The number of para-hydroxylation sites is 1. The number of hydrazone groups is 1. The van der Waals surface area contributed by atoms with Crippen molar-refractivity contribution in [1.82, 2.24) is 0 Å². The lowest BCUT2D eigenvalue weighted by Gasteiger charge is -2.41. The van der Waals surface area contributed by atoms with Crippen molar-refractivity contribution >= 4 is 63.3 Å². The number of benzene rings is 2. The van der Waals surface area contributed by atoms with Crippen LogP contribution in [0.5, 0.6) is 0 Å². The van der Waals surface area contributed by atoms with Crippen molar-refractivity contribution in [2.45, 2.75) is 25.1 Å². The molecule has 1 atom stereocenters. The van der Waals surface area contributed by atoms with E-state index in [-0.39, 0.29) is 17.4 Å². The van der Waals surface area contributed by atoms with Crippen LogP contribution in [0.1, 0.15) is 20.8 Å². The summed E-state index contributed by atoms with van der Waals surface area (Å²) in [6.07, 6.45) is 0. The van der Waals surface area contributed by atoms with Crippen molar-refractivity contribution in [3.8, 4) is 0 Å². The van der Waals surface area contributed by atoms with Crippen molar-refractivity contribution in [1.29, 1.82) is 0 Å². The molecule has 160 valence electrons. The first-order valence-electron chi connectivity index (χ1n) is 9.64. The van der Waals surface area contributed by atoms with Gasteiger partial charge in [0, 0.05) is 16.4 Å². The average Bonchev–Trinajstić information content (AvgIpc) is 3.27. The molecule has 0 aliphatic carbocycles. The van der Waals surface area contributed by atoms with Gasteiger partial charge < -0.3 is 9.64 Å². The van der Waals surface area contributed by atoms with Crippen LogP contribution in [0.4, 0.5) is 11.4 Å². The van der Waals surface area contributed by atoms with E-state index in [1.807, 2.05) is 54.3 Å². The van der Waals surface area contributed by atoms with Crippen LogP contribution in [0.2, 0.25) is 5.02 Å². The third-order valence-electron chi connectivity index (χ3n) is 4.73. The molecule has 2 aliphatic rings. The molecule has 2 heterocycles. The molecule has 0 amide bonds. The van der Waals surface area contributed by atoms with Gasteiger partial charge in [-0.15, -0.1) is 0 Å². The minimum Gasteiger partial charge on any atom is -0.461 e. The number of hydrogen-bond acceptors (Lipinski definition) is 8. The summed E-state index contributed by atoms with van der Waals surface area (Å²) in [5, 5.41) is 7.22. The number of halogens is 1. The minimum atomic E-state index is -0.942. The molecule has 4 rings (SSSR count). The molecule has 9 heteroatoms. The molecular weight excluding hydrogens is 454 g/mol. The summed E-state index contributed by atoms with van der Waals surface area (Å²) < 4.78 is 4.29. The number of rotatable bonds is 5. The minimum absolute atomic E-state index is 0.0402. The molecule has 6 nitrogen and oxygen atoms in total. The standard InChI is InChI=1S/C22H20ClN3O3S2/c1-4-29-21(28)20-24-26(18-12-10-16(23)11-13-18)22(31-20)25(17-8-6-5-7-9-17)14(2)19(30-22)15(3)27/h5-13H,4H2,1-3H3/t22-/m0/s1. The molecule has 0 unspecified atom stereocenters. The highest BCUT2D eigenvalue weighted by Gasteiger charge is 2.57. The number of Topliss-reactive ketones (excluding diaryl/α,β-unsaturated/α-hetero) is 1. The van der Waals surface area contributed by atoms with Gasteiger partial charge in [-0.3, -0.25) is 4.79 Å². The third kappa shape index (κ3) is 3.84. The van der Waals surface area contributed by atoms with Gasteiger partial charge in [0.05, 0.1) is 17.2 Å². The Balaban J connectivity index is 1.89. The number of carbonyl (C=O) groups is 2. The van der Waals surface area contributed by atoms with Crippen LogP contribution < -0.4 is 9.91 Å². The summed E-state index contributed by atoms with van der Waals surface area (Å²) in [4.78, 5) is 27.8. The van der Waals surface area contributed by atoms with Crippen LogP contribution in [0.15, 0.2) is 70.3 Å². The van der Waals surface area contributed by atoms with Crippen LogP contribution >= 0.6 is 35.1 Å². The van der Waals surface area contributed by atoms with E-state index in [0.717, 1.165) is 17.1 Å². The van der Waals surface area contributed by atoms with Crippen molar-refractivity contribution in [2.24, 2.45) is 5.10 Å². The highest BCUT2D eigenvalue weighted by molar-refractivity contribution is 8.29. The number of thioether (sulfide) groups is 2. The van der Waals surface area contributed by atoms with E-state index in [2.05, 4.69) is 5.10 Å². The van der Waals surface area contributed by atoms with E-state index in [9.17, 15) is 9.59 Å². The van der Waals surface area contributed by atoms with Gasteiger partial charge in [-0.25, -0.2) is 9.80 Å². The van der Waals surface area contributed by atoms with Gasteiger partial charge in [0.1, 0.15) is 0 Å². The van der Waals surface area contributed by atoms with E-state index in [1.54, 1.807) is 31.0 Å². The maximum absolute atomic E-state index is 12.6. The molecule has 0 N–H and O–H groups in total. The first-order chi connectivity index (χ1) is 14.9. The number of allylic oxidation sites excluding steroid dienone is 2. The summed E-state index contributed by atoms with van der Waals surface area (Å²) in [7, 11) is 0. The fourth-order valence-corrected chi connectivity index (χ4v) is 6.53. The Morgan fingerprint density at radius 3 is 2.35 bits per heavy atom. The zero-order valence-corrected chi connectivity index (χ0v) is 19.6. The Labute approximate surface area is 194 Å². The van der Waals surface area contributed by atoms with Gasteiger partial charge in [0.25, 0.3) is 0 Å². The summed E-state index contributed by atoms with van der Waals surface area (Å²) in [5.41, 5.74) is 2.42. The quantitative estimate of drug-likeness (QED) is 0.534. The number of ketones is 1. The molecule has 1 spiro atoms. The van der Waals surface area contributed by atoms with Gasteiger partial charge in [-0.2, -0.15) is 5.10 Å². The second-order valence-corrected chi connectivity index (χ2v) is 9.84. The number of anilines is 2. The highest BCUT2D eigenvalue weighted by atomic mass is 35.5. The Kier molecular flexibility index (Phi) is 6.05. The molecule has 2 aromatic carbocycles. The Hall–Kier alpha value is -2.42. The number of carbonyl (C=O) groups excluding carboxylic acids is 2. The lowest BCUT2D eigenvalue weighted by molar-refractivity contribution is -0.134. The molecule has 0 radical (unpaired) electrons. The zero-order chi connectivity index (χ0) is 22.2. The van der Waals surface area contributed by atoms with Crippen LogP contribution in [0.3, 0.4) is 0 Å². The fraction of sp³-hybridized carbons (Fsp3) is 0.227. The lowest BCUT2D eigenvalue weighted by atomic mass is 10.2. The van der Waals surface area contributed by atoms with Crippen LogP contribution in [-0.2, 0) is 14.3 Å². The SMILES string of the molecule is CCOC(=O)C1=NN(c2ccc(Cl)cc2)[C@]2(S1)SC(C(C)=O)=C(C)N2c1ccccc1. The molecule has 0 aromatic heterocycles. The van der Waals surface area contributed by atoms with Gasteiger partial charge in [0.15, 0.2) is 5.78 Å². The molecule has 0 fully saturated rings. The summed E-state index contributed by atoms with van der Waals surface area (Å²) >= 11 is 8.74. The van der Waals surface area contributed by atoms with E-state index >= 15 is 0 Å². The monoisotopic (exact) mass is 473 g/mol. The fourth-order valence-electron chi connectivity index (χ4n) is 3.45. The normalized spacial score (nSPS) is 20.5. The summed E-state index contributed by atoms with van der Waals surface area (Å²) in [6.45, 7) is 5.46. The largest absolute Gasteiger partial charge is 0.461 e. The van der Waals surface area contributed by atoms with Crippen LogP contribution in [0, 0.1) is 0 Å². The van der Waals surface area contributed by atoms with Crippen LogP contribution in [0.25, 0.3) is 0 Å². The van der Waals surface area contributed by atoms with Gasteiger partial charge in [0.2, 0.25) is 9.37 Å². The smallest absolute Gasteiger partial charge is 0.365 e. The topological polar surface area (TPSA) is 62.2 Å². The Morgan fingerprint density at radius 1 is 1.06 bits per heavy atom. The molecule has 31 heavy (non-hydrogen) atoms. The third-order valence-corrected chi connectivity index (χ3v) is 7.95. The maximum atomic E-state index is 12.6. The highest BCUT2D eigenvalue weighted by Crippen LogP contribution is 2.60. The predicted molar refractivity (Wildman–Crippen MR) is 128 cm³/mol. The second kappa shape index (κ2) is 8.61. The number of ether oxygens (including phenoxy) is 1. The predicted octanol–water partition coefficient (Wildman–Crippen LogP) is 5.46. The van der Waals surface area contributed by atoms with E-state index < -0.39 is 10.3 Å². The van der Waals surface area contributed by atoms with Gasteiger partial charge in [-0.05, 0) is 68.9 Å². The van der Waals surface area contributed by atoms with E-state index in [4.69, 9.17) is 16.3 Å². The Bertz CT molecular complexity index is 1090. The molecular formula is C22H20ClN3O3S2. The van der Waals surface area contributed by atoms with Gasteiger partial charge in [-0.1, -0.05) is 41.6 Å². The van der Waals surface area contributed by atoms with E-state index in [1.165, 1.54) is 23.5 Å². The molecule has 2 aliphatic heterocycles. The maximum Gasteiger partial charge on any atom is 0.365 e. The molecule has 0 bridgehead atoms. The molecule has 0 saturated carbocycles. The van der Waals surface area contributed by atoms with Crippen molar-refractivity contribution in [3.63, 3.8) is 0 Å². The second-order valence-electron chi connectivity index (χ2n) is 6.81.